The third-order valence-electron chi connectivity index (χ3n) is 4.16. The highest BCUT2D eigenvalue weighted by atomic mass is 16.1. The molecule has 5 heteroatoms. The highest BCUT2D eigenvalue weighted by molar-refractivity contribution is 5.97. The van der Waals surface area contributed by atoms with Crippen LogP contribution in [0.15, 0.2) is 49.1 Å². The molecule has 0 atom stereocenters. The summed E-state index contributed by atoms with van der Waals surface area (Å²) in [5, 5.41) is 0. The number of Topliss-reactive ketones (excluding diaryl/α,β-unsaturated/α-hetero) is 1. The van der Waals surface area contributed by atoms with E-state index >= 15 is 0 Å². The molecule has 0 unspecified atom stereocenters. The van der Waals surface area contributed by atoms with E-state index < -0.39 is 0 Å². The molecule has 2 aromatic rings. The molecule has 0 radical (unpaired) electrons. The Kier molecular flexibility index (Phi) is 4.98. The number of rotatable bonds is 6. The molecule has 5 nitrogen and oxygen atoms in total. The molecule has 1 aromatic heterocycles. The molecule has 1 aromatic carbocycles. The molecule has 3 rings (SSSR count). The highest BCUT2D eigenvalue weighted by Crippen LogP contribution is 2.06. The Balaban J connectivity index is 1.41. The van der Waals surface area contributed by atoms with Crippen LogP contribution in [-0.2, 0) is 6.54 Å². The van der Waals surface area contributed by atoms with Crippen LogP contribution in [0.25, 0.3) is 0 Å². The lowest BCUT2D eigenvalue weighted by molar-refractivity contribution is 0.0848. The van der Waals surface area contributed by atoms with Crippen LogP contribution in [0.4, 0.5) is 0 Å². The maximum atomic E-state index is 12.2. The summed E-state index contributed by atoms with van der Waals surface area (Å²) in [7, 11) is 0. The monoisotopic (exact) mass is 298 g/mol. The standard InChI is InChI=1S/C17H22N4O/c22-17(16-4-2-1-3-5-16)14-20-11-8-19(9-12-20)10-13-21-7-6-18-15-21/h1-7,15H,8-14H2. The Bertz CT molecular complexity index is 574. The molecular formula is C17H22N4O. The number of benzene rings is 1. The number of carbonyl (C=O) groups is 1. The lowest BCUT2D eigenvalue weighted by Crippen LogP contribution is -2.48. The third kappa shape index (κ3) is 4.02. The molecule has 1 saturated heterocycles. The van der Waals surface area contributed by atoms with Gasteiger partial charge in [0, 0.05) is 57.2 Å². The van der Waals surface area contributed by atoms with Gasteiger partial charge in [-0.2, -0.15) is 0 Å². The average Bonchev–Trinajstić information content (AvgIpc) is 3.08. The summed E-state index contributed by atoms with van der Waals surface area (Å²) in [6.45, 7) is 6.51. The maximum absolute atomic E-state index is 12.2. The minimum absolute atomic E-state index is 0.215. The van der Waals surface area contributed by atoms with E-state index in [-0.39, 0.29) is 5.78 Å². The zero-order chi connectivity index (χ0) is 15.2. The summed E-state index contributed by atoms with van der Waals surface area (Å²) < 4.78 is 2.10. The largest absolute Gasteiger partial charge is 0.336 e. The third-order valence-corrected chi connectivity index (χ3v) is 4.16. The molecule has 116 valence electrons. The second-order valence-electron chi connectivity index (χ2n) is 5.71. The SMILES string of the molecule is O=C(CN1CCN(CCn2ccnc2)CC1)c1ccccc1. The molecule has 0 aliphatic carbocycles. The number of nitrogens with zero attached hydrogens (tertiary/aromatic N) is 4. The number of hydrogen-bond acceptors (Lipinski definition) is 4. The van der Waals surface area contributed by atoms with E-state index in [2.05, 4.69) is 19.4 Å². The Labute approximate surface area is 131 Å². The van der Waals surface area contributed by atoms with Crippen LogP contribution in [0.2, 0.25) is 0 Å². The van der Waals surface area contributed by atoms with Gasteiger partial charge in [0.1, 0.15) is 0 Å². The summed E-state index contributed by atoms with van der Waals surface area (Å²) in [4.78, 5) is 21.0. The fourth-order valence-corrected chi connectivity index (χ4v) is 2.77. The Morgan fingerprint density at radius 3 is 2.41 bits per heavy atom. The van der Waals surface area contributed by atoms with Crippen molar-refractivity contribution in [2.75, 3.05) is 39.3 Å². The summed E-state index contributed by atoms with van der Waals surface area (Å²) in [6.07, 6.45) is 5.66. The minimum atomic E-state index is 0.215. The van der Waals surface area contributed by atoms with Crippen molar-refractivity contribution in [2.45, 2.75) is 6.54 Å². The lowest BCUT2D eigenvalue weighted by Gasteiger charge is -2.34. The van der Waals surface area contributed by atoms with Gasteiger partial charge in [0.05, 0.1) is 12.9 Å². The zero-order valence-corrected chi connectivity index (χ0v) is 12.8. The maximum Gasteiger partial charge on any atom is 0.176 e. The second-order valence-corrected chi connectivity index (χ2v) is 5.71. The Morgan fingerprint density at radius 2 is 1.73 bits per heavy atom. The summed E-state index contributed by atoms with van der Waals surface area (Å²) in [5.74, 6) is 0.215. The van der Waals surface area contributed by atoms with E-state index in [1.54, 1.807) is 0 Å². The fourth-order valence-electron chi connectivity index (χ4n) is 2.77. The van der Waals surface area contributed by atoms with Crippen LogP contribution in [0.1, 0.15) is 10.4 Å². The van der Waals surface area contributed by atoms with E-state index in [1.165, 1.54) is 0 Å². The number of carbonyl (C=O) groups excluding carboxylic acids is 1. The van der Waals surface area contributed by atoms with Crippen LogP contribution in [0.3, 0.4) is 0 Å². The number of piperazine rings is 1. The second kappa shape index (κ2) is 7.33. The van der Waals surface area contributed by atoms with Gasteiger partial charge in [-0.25, -0.2) is 4.98 Å². The number of ketones is 1. The average molecular weight is 298 g/mol. The van der Waals surface area contributed by atoms with Crippen molar-refractivity contribution in [1.29, 1.82) is 0 Å². The van der Waals surface area contributed by atoms with Crippen molar-refractivity contribution in [3.05, 3.63) is 54.6 Å². The first-order chi connectivity index (χ1) is 10.8. The van der Waals surface area contributed by atoms with E-state index in [4.69, 9.17) is 0 Å². The van der Waals surface area contributed by atoms with Crippen molar-refractivity contribution >= 4 is 5.78 Å². The van der Waals surface area contributed by atoms with Gasteiger partial charge in [-0.1, -0.05) is 30.3 Å². The molecule has 0 bridgehead atoms. The molecule has 0 spiro atoms. The molecule has 0 amide bonds. The molecule has 1 fully saturated rings. The number of aromatic nitrogens is 2. The minimum Gasteiger partial charge on any atom is -0.336 e. The van der Waals surface area contributed by atoms with Gasteiger partial charge >= 0.3 is 0 Å². The van der Waals surface area contributed by atoms with Crippen LogP contribution < -0.4 is 0 Å². The van der Waals surface area contributed by atoms with E-state index in [0.29, 0.717) is 6.54 Å². The lowest BCUT2D eigenvalue weighted by atomic mass is 10.1. The molecule has 2 heterocycles. The molecule has 1 aliphatic heterocycles. The predicted molar refractivity (Wildman–Crippen MR) is 85.9 cm³/mol. The summed E-state index contributed by atoms with van der Waals surface area (Å²) >= 11 is 0. The normalized spacial score (nSPS) is 16.7. The van der Waals surface area contributed by atoms with Crippen molar-refractivity contribution in [3.63, 3.8) is 0 Å². The van der Waals surface area contributed by atoms with Crippen LogP contribution >= 0.6 is 0 Å². The van der Waals surface area contributed by atoms with E-state index in [1.807, 2.05) is 49.1 Å². The predicted octanol–water partition coefficient (Wildman–Crippen LogP) is 1.38. The van der Waals surface area contributed by atoms with Crippen LogP contribution in [0.5, 0.6) is 0 Å². The van der Waals surface area contributed by atoms with Crippen molar-refractivity contribution in [1.82, 2.24) is 19.4 Å². The first-order valence-electron chi connectivity index (χ1n) is 7.80. The molecule has 1 aliphatic rings. The van der Waals surface area contributed by atoms with Gasteiger partial charge < -0.3 is 4.57 Å². The van der Waals surface area contributed by atoms with Gasteiger partial charge in [0.2, 0.25) is 0 Å². The molecule has 0 N–H and O–H groups in total. The van der Waals surface area contributed by atoms with Crippen LogP contribution in [0, 0.1) is 0 Å². The van der Waals surface area contributed by atoms with Crippen molar-refractivity contribution in [2.24, 2.45) is 0 Å². The van der Waals surface area contributed by atoms with Gasteiger partial charge in [-0.3, -0.25) is 14.6 Å². The number of hydrogen-bond donors (Lipinski definition) is 0. The molecule has 0 saturated carbocycles. The van der Waals surface area contributed by atoms with Gasteiger partial charge in [-0.15, -0.1) is 0 Å². The van der Waals surface area contributed by atoms with E-state index in [0.717, 1.165) is 44.8 Å². The van der Waals surface area contributed by atoms with Crippen LogP contribution in [-0.4, -0.2) is 64.4 Å². The molecular weight excluding hydrogens is 276 g/mol. The fraction of sp³-hybridized carbons (Fsp3) is 0.412. The topological polar surface area (TPSA) is 41.4 Å². The first-order valence-corrected chi connectivity index (χ1v) is 7.80. The zero-order valence-electron chi connectivity index (χ0n) is 12.8. The Hall–Kier alpha value is -1.98. The van der Waals surface area contributed by atoms with Gasteiger partial charge in [0.15, 0.2) is 5.78 Å². The van der Waals surface area contributed by atoms with Gasteiger partial charge in [0.25, 0.3) is 0 Å². The van der Waals surface area contributed by atoms with Gasteiger partial charge in [-0.05, 0) is 0 Å². The Morgan fingerprint density at radius 1 is 1.00 bits per heavy atom. The van der Waals surface area contributed by atoms with E-state index in [9.17, 15) is 4.79 Å². The van der Waals surface area contributed by atoms with Crippen molar-refractivity contribution in [3.8, 4) is 0 Å². The first kappa shape index (κ1) is 14.9. The molecule has 22 heavy (non-hydrogen) atoms. The van der Waals surface area contributed by atoms with Crippen molar-refractivity contribution < 1.29 is 4.79 Å². The smallest absolute Gasteiger partial charge is 0.176 e. The highest BCUT2D eigenvalue weighted by Gasteiger charge is 2.19. The quantitative estimate of drug-likeness (QED) is 0.756. The number of imidazole rings is 1. The summed E-state index contributed by atoms with van der Waals surface area (Å²) in [5.41, 5.74) is 0.810. The summed E-state index contributed by atoms with van der Waals surface area (Å²) in [6, 6.07) is 9.56.